The number of carboxylic acid groups (broad SMARTS) is 1. The first-order chi connectivity index (χ1) is 20.6. The first-order valence-electron chi connectivity index (χ1n) is 17.1. The standard InChI is InChI=1S/C38H53NO5/c1-9-44-32(41)24-10-12-25(13-11-24)39-30(40)22-35(6)28(34(39,4)5)17-18-37(8)29(35)15-14-27-31-26(23(2)3)16-19-38(31,33(42)43)21-20-36(27,37)7/h10-13,26-29,31H,2,9,14-22H2,1,3-8H3,(H,42,43)/t26-,27+,28-,29+,31+,35-,36+,37+,38-/m0/s1. The van der Waals surface area contributed by atoms with Gasteiger partial charge in [-0.05, 0) is 149 Å². The highest BCUT2D eigenvalue weighted by Gasteiger charge is 2.72. The van der Waals surface area contributed by atoms with E-state index in [1.54, 1.807) is 19.1 Å². The van der Waals surface area contributed by atoms with Gasteiger partial charge in [-0.2, -0.15) is 0 Å². The molecule has 1 N–H and O–H groups in total. The predicted molar refractivity (Wildman–Crippen MR) is 172 cm³/mol. The smallest absolute Gasteiger partial charge is 0.338 e. The number of hydrogen-bond donors (Lipinski definition) is 1. The van der Waals surface area contributed by atoms with Gasteiger partial charge in [-0.15, -0.1) is 0 Å². The van der Waals surface area contributed by atoms with Crippen molar-refractivity contribution >= 4 is 23.5 Å². The molecule has 1 amide bonds. The van der Waals surface area contributed by atoms with Crippen molar-refractivity contribution in [3.8, 4) is 0 Å². The van der Waals surface area contributed by atoms with Gasteiger partial charge in [0.15, 0.2) is 0 Å². The molecule has 9 atom stereocenters. The number of benzene rings is 1. The monoisotopic (exact) mass is 603 g/mol. The number of amides is 1. The Bertz CT molecular complexity index is 1380. The Morgan fingerprint density at radius 2 is 1.61 bits per heavy atom. The summed E-state index contributed by atoms with van der Waals surface area (Å²) in [6.45, 7) is 20.5. The van der Waals surface area contributed by atoms with Gasteiger partial charge in [-0.3, -0.25) is 9.59 Å². The molecule has 0 spiro atoms. The van der Waals surface area contributed by atoms with E-state index in [-0.39, 0.29) is 40.0 Å². The van der Waals surface area contributed by atoms with Crippen LogP contribution in [0.15, 0.2) is 36.4 Å². The summed E-state index contributed by atoms with van der Waals surface area (Å²) in [4.78, 5) is 41.5. The summed E-state index contributed by atoms with van der Waals surface area (Å²) in [5.74, 6) is 0.730. The van der Waals surface area contributed by atoms with Crippen LogP contribution >= 0.6 is 0 Å². The minimum atomic E-state index is -0.621. The molecule has 5 fully saturated rings. The third-order valence-electron chi connectivity index (χ3n) is 14.6. The molecule has 0 aromatic heterocycles. The maximum Gasteiger partial charge on any atom is 0.338 e. The Balaban J connectivity index is 1.33. The summed E-state index contributed by atoms with van der Waals surface area (Å²) in [6.07, 6.45) is 8.17. The molecule has 6 nitrogen and oxygen atoms in total. The summed E-state index contributed by atoms with van der Waals surface area (Å²) in [7, 11) is 0. The van der Waals surface area contributed by atoms with Gasteiger partial charge < -0.3 is 14.7 Å². The summed E-state index contributed by atoms with van der Waals surface area (Å²) in [5, 5.41) is 10.6. The van der Waals surface area contributed by atoms with Gasteiger partial charge in [0.05, 0.1) is 17.6 Å². The van der Waals surface area contributed by atoms with Crippen LogP contribution in [0.2, 0.25) is 0 Å². The van der Waals surface area contributed by atoms with Crippen molar-refractivity contribution in [2.75, 3.05) is 11.5 Å². The van der Waals surface area contributed by atoms with E-state index in [1.807, 2.05) is 17.0 Å². The van der Waals surface area contributed by atoms with Crippen molar-refractivity contribution in [1.82, 2.24) is 0 Å². The molecule has 6 heteroatoms. The second-order valence-electron chi connectivity index (χ2n) is 16.5. The van der Waals surface area contributed by atoms with Crippen LogP contribution in [0.5, 0.6) is 0 Å². The highest BCUT2D eigenvalue weighted by molar-refractivity contribution is 5.97. The van der Waals surface area contributed by atoms with Crippen LogP contribution in [0.4, 0.5) is 5.69 Å². The molecule has 6 rings (SSSR count). The van der Waals surface area contributed by atoms with Gasteiger partial charge in [0.1, 0.15) is 0 Å². The lowest BCUT2D eigenvalue weighted by Gasteiger charge is -2.72. The summed E-state index contributed by atoms with van der Waals surface area (Å²) in [5.41, 5.74) is 1.39. The molecular formula is C38H53NO5. The zero-order valence-electron chi connectivity index (χ0n) is 28.0. The fraction of sp³-hybridized carbons (Fsp3) is 0.711. The lowest BCUT2D eigenvalue weighted by Crippen LogP contribution is -2.71. The van der Waals surface area contributed by atoms with Crippen LogP contribution < -0.4 is 4.90 Å². The molecule has 240 valence electrons. The van der Waals surface area contributed by atoms with E-state index >= 15 is 0 Å². The van der Waals surface area contributed by atoms with Crippen molar-refractivity contribution < 1.29 is 24.2 Å². The normalized spacial score (nSPS) is 42.4. The van der Waals surface area contributed by atoms with Crippen LogP contribution in [0.1, 0.15) is 117 Å². The third kappa shape index (κ3) is 4.00. The van der Waals surface area contributed by atoms with Crippen LogP contribution in [0.3, 0.4) is 0 Å². The maximum absolute atomic E-state index is 14.3. The number of carboxylic acids is 1. The number of anilines is 1. The Morgan fingerprint density at radius 1 is 0.932 bits per heavy atom. The van der Waals surface area contributed by atoms with Gasteiger partial charge in [0.25, 0.3) is 0 Å². The number of hydrogen-bond acceptors (Lipinski definition) is 4. The van der Waals surface area contributed by atoms with E-state index in [2.05, 4.69) is 48.1 Å². The molecule has 4 aliphatic carbocycles. The second kappa shape index (κ2) is 10.2. The van der Waals surface area contributed by atoms with Crippen LogP contribution in [-0.2, 0) is 14.3 Å². The van der Waals surface area contributed by atoms with E-state index in [0.717, 1.165) is 62.6 Å². The van der Waals surface area contributed by atoms with Crippen molar-refractivity contribution in [2.45, 2.75) is 112 Å². The van der Waals surface area contributed by atoms with Crippen molar-refractivity contribution in [3.05, 3.63) is 42.0 Å². The molecule has 1 heterocycles. The summed E-state index contributed by atoms with van der Waals surface area (Å²) in [6, 6.07) is 7.33. The number of ether oxygens (including phenoxy) is 1. The SMILES string of the molecule is C=C(C)[C@@H]1CC[C@]2(C(=O)O)CC[C@]3(C)[C@H](CC[C@@H]4[C@@]5(C)CC(=O)N(c6ccc(C(=O)OCC)cc6)C(C)(C)[C@@H]5CC[C@]43C)[C@@H]12. The quantitative estimate of drug-likeness (QED) is 0.270. The number of nitrogens with zero attached hydrogens (tertiary/aromatic N) is 1. The lowest BCUT2D eigenvalue weighted by molar-refractivity contribution is -0.229. The van der Waals surface area contributed by atoms with Crippen molar-refractivity contribution in [1.29, 1.82) is 0 Å². The van der Waals surface area contributed by atoms with Gasteiger partial charge in [-0.1, -0.05) is 32.9 Å². The Kier molecular flexibility index (Phi) is 7.26. The second-order valence-corrected chi connectivity index (χ2v) is 16.5. The fourth-order valence-corrected chi connectivity index (χ4v) is 12.6. The molecule has 1 aliphatic heterocycles. The Morgan fingerprint density at radius 3 is 2.23 bits per heavy atom. The molecule has 1 aromatic rings. The molecule has 0 bridgehead atoms. The number of allylic oxidation sites excluding steroid dienone is 1. The number of fused-ring (bicyclic) bond motifs is 7. The number of carbonyl (C=O) groups is 3. The summed E-state index contributed by atoms with van der Waals surface area (Å²) < 4.78 is 5.17. The first-order valence-corrected chi connectivity index (χ1v) is 17.1. The van der Waals surface area contributed by atoms with Gasteiger partial charge in [-0.25, -0.2) is 4.79 Å². The van der Waals surface area contributed by atoms with Gasteiger partial charge in [0.2, 0.25) is 5.91 Å². The molecule has 0 radical (unpaired) electrons. The average Bonchev–Trinajstić information content (AvgIpc) is 3.35. The van der Waals surface area contributed by atoms with E-state index in [4.69, 9.17) is 4.74 Å². The maximum atomic E-state index is 14.3. The van der Waals surface area contributed by atoms with Crippen molar-refractivity contribution in [2.24, 2.45) is 51.2 Å². The van der Waals surface area contributed by atoms with E-state index in [0.29, 0.717) is 36.3 Å². The Labute approximate surface area is 264 Å². The Hall–Kier alpha value is -2.63. The fourth-order valence-electron chi connectivity index (χ4n) is 12.6. The molecule has 1 saturated heterocycles. The molecule has 4 saturated carbocycles. The average molecular weight is 604 g/mol. The first kappa shape index (κ1) is 31.4. The van der Waals surface area contributed by atoms with Crippen LogP contribution in [0.25, 0.3) is 0 Å². The molecule has 1 aromatic carbocycles. The highest BCUT2D eigenvalue weighted by Crippen LogP contribution is 2.77. The minimum absolute atomic E-state index is 0.0266. The van der Waals surface area contributed by atoms with Crippen LogP contribution in [-0.4, -0.2) is 35.1 Å². The van der Waals surface area contributed by atoms with E-state index < -0.39 is 16.9 Å². The number of esters is 1. The molecule has 44 heavy (non-hydrogen) atoms. The number of piperidine rings is 1. The van der Waals surface area contributed by atoms with Crippen molar-refractivity contribution in [3.63, 3.8) is 0 Å². The van der Waals surface area contributed by atoms with Gasteiger partial charge >= 0.3 is 11.9 Å². The molecular weight excluding hydrogens is 550 g/mol. The molecule has 5 aliphatic rings. The topological polar surface area (TPSA) is 83.9 Å². The number of aliphatic carboxylic acids is 1. The largest absolute Gasteiger partial charge is 0.481 e. The molecule has 0 unspecified atom stereocenters. The number of rotatable bonds is 5. The highest BCUT2D eigenvalue weighted by atomic mass is 16.5. The van der Waals surface area contributed by atoms with E-state index in [9.17, 15) is 19.5 Å². The van der Waals surface area contributed by atoms with Gasteiger partial charge in [0, 0.05) is 17.6 Å². The zero-order valence-corrected chi connectivity index (χ0v) is 28.0. The predicted octanol–water partition coefficient (Wildman–Crippen LogP) is 8.30. The summed E-state index contributed by atoms with van der Waals surface area (Å²) >= 11 is 0. The van der Waals surface area contributed by atoms with Crippen LogP contribution in [0, 0.1) is 51.2 Å². The lowest BCUT2D eigenvalue weighted by atomic mass is 9.33. The third-order valence-corrected chi connectivity index (χ3v) is 14.6. The zero-order chi connectivity index (χ0) is 32.0. The number of carbonyl (C=O) groups excluding carboxylic acids is 2. The van der Waals surface area contributed by atoms with E-state index in [1.165, 1.54) is 0 Å². The minimum Gasteiger partial charge on any atom is -0.481 e.